The van der Waals surface area contributed by atoms with E-state index in [-0.39, 0.29) is 17.0 Å². The Morgan fingerprint density at radius 2 is 1.58 bits per heavy atom. The number of urea groups is 1. The third-order valence-electron chi connectivity index (χ3n) is 3.01. The number of amides is 2. The SMILES string of the molecule is Cc1ccc(C(C)(C)CNC(=O)NC(C)(C)C)cc1. The Kier molecular flexibility index (Phi) is 4.61. The predicted molar refractivity (Wildman–Crippen MR) is 80.5 cm³/mol. The van der Waals surface area contributed by atoms with Crippen LogP contribution in [0.1, 0.15) is 45.7 Å². The number of hydrogen-bond acceptors (Lipinski definition) is 1. The molecule has 3 nitrogen and oxygen atoms in total. The maximum absolute atomic E-state index is 11.8. The lowest BCUT2D eigenvalue weighted by Gasteiger charge is -2.27. The molecule has 0 aromatic heterocycles. The minimum absolute atomic E-state index is 0.0804. The molecule has 0 aliphatic carbocycles. The van der Waals surface area contributed by atoms with Gasteiger partial charge in [-0.25, -0.2) is 4.79 Å². The van der Waals surface area contributed by atoms with Crippen molar-refractivity contribution in [3.63, 3.8) is 0 Å². The van der Waals surface area contributed by atoms with Crippen LogP contribution in [0, 0.1) is 6.92 Å². The first-order valence-corrected chi connectivity index (χ1v) is 6.73. The Labute approximate surface area is 116 Å². The minimum atomic E-state index is -0.210. The van der Waals surface area contributed by atoms with Gasteiger partial charge in [0.2, 0.25) is 0 Å². The summed E-state index contributed by atoms with van der Waals surface area (Å²) in [6.45, 7) is 12.9. The van der Waals surface area contributed by atoms with Crippen molar-refractivity contribution in [1.82, 2.24) is 10.6 Å². The van der Waals surface area contributed by atoms with Gasteiger partial charge in [-0.15, -0.1) is 0 Å². The van der Waals surface area contributed by atoms with Crippen molar-refractivity contribution in [1.29, 1.82) is 0 Å². The Balaban J connectivity index is 2.60. The highest BCUT2D eigenvalue weighted by molar-refractivity contribution is 5.74. The molecule has 0 fully saturated rings. The van der Waals surface area contributed by atoms with Gasteiger partial charge in [0.05, 0.1) is 0 Å². The van der Waals surface area contributed by atoms with Crippen LogP contribution in [0.4, 0.5) is 4.79 Å². The minimum Gasteiger partial charge on any atom is -0.337 e. The maximum atomic E-state index is 11.8. The molecular weight excluding hydrogens is 236 g/mol. The van der Waals surface area contributed by atoms with Gasteiger partial charge < -0.3 is 10.6 Å². The van der Waals surface area contributed by atoms with E-state index in [1.54, 1.807) is 0 Å². The van der Waals surface area contributed by atoms with Crippen molar-refractivity contribution < 1.29 is 4.79 Å². The fourth-order valence-electron chi connectivity index (χ4n) is 1.79. The first-order valence-electron chi connectivity index (χ1n) is 6.73. The number of rotatable bonds is 3. The summed E-state index contributed by atoms with van der Waals surface area (Å²) < 4.78 is 0. The van der Waals surface area contributed by atoms with Gasteiger partial charge in [0, 0.05) is 17.5 Å². The second-order valence-electron chi connectivity index (χ2n) is 6.81. The van der Waals surface area contributed by atoms with Gasteiger partial charge in [-0.05, 0) is 33.3 Å². The lowest BCUT2D eigenvalue weighted by molar-refractivity contribution is 0.229. The molecule has 0 saturated heterocycles. The van der Waals surface area contributed by atoms with Crippen LogP contribution in [0.15, 0.2) is 24.3 Å². The summed E-state index contributed by atoms with van der Waals surface area (Å²) in [5, 5.41) is 5.84. The number of benzene rings is 1. The van der Waals surface area contributed by atoms with Crippen LogP contribution in [0.2, 0.25) is 0 Å². The summed E-state index contributed by atoms with van der Waals surface area (Å²) in [5.41, 5.74) is 2.19. The largest absolute Gasteiger partial charge is 0.337 e. The highest BCUT2D eigenvalue weighted by Gasteiger charge is 2.22. The zero-order chi connectivity index (χ0) is 14.7. The molecule has 0 atom stereocenters. The lowest BCUT2D eigenvalue weighted by Crippen LogP contribution is -2.49. The summed E-state index contributed by atoms with van der Waals surface area (Å²) in [6.07, 6.45) is 0. The summed E-state index contributed by atoms with van der Waals surface area (Å²) in [6, 6.07) is 8.34. The monoisotopic (exact) mass is 262 g/mol. The van der Waals surface area contributed by atoms with Crippen LogP contribution in [0.3, 0.4) is 0 Å². The first kappa shape index (κ1) is 15.5. The Morgan fingerprint density at radius 1 is 1.05 bits per heavy atom. The molecule has 1 rings (SSSR count). The molecule has 1 aromatic carbocycles. The van der Waals surface area contributed by atoms with E-state index in [9.17, 15) is 4.79 Å². The third-order valence-corrected chi connectivity index (χ3v) is 3.01. The van der Waals surface area contributed by atoms with E-state index >= 15 is 0 Å². The van der Waals surface area contributed by atoms with Crippen LogP contribution in [-0.4, -0.2) is 18.1 Å². The molecule has 19 heavy (non-hydrogen) atoms. The van der Waals surface area contributed by atoms with Crippen LogP contribution >= 0.6 is 0 Å². The molecule has 3 heteroatoms. The van der Waals surface area contributed by atoms with Gasteiger partial charge in [-0.3, -0.25) is 0 Å². The van der Waals surface area contributed by atoms with Gasteiger partial charge in [0.15, 0.2) is 0 Å². The average Bonchev–Trinajstić information content (AvgIpc) is 2.25. The molecule has 0 heterocycles. The van der Waals surface area contributed by atoms with Gasteiger partial charge in [0.25, 0.3) is 0 Å². The van der Waals surface area contributed by atoms with E-state index in [1.807, 2.05) is 20.8 Å². The second-order valence-corrected chi connectivity index (χ2v) is 6.81. The standard InChI is InChI=1S/C16H26N2O/c1-12-7-9-13(10-8-12)16(5,6)11-17-14(19)18-15(2,3)4/h7-10H,11H2,1-6H3,(H2,17,18,19). The first-order chi connectivity index (χ1) is 8.60. The topological polar surface area (TPSA) is 41.1 Å². The molecule has 0 spiro atoms. The van der Waals surface area contributed by atoms with E-state index in [0.717, 1.165) is 0 Å². The zero-order valence-electron chi connectivity index (χ0n) is 12.9. The van der Waals surface area contributed by atoms with Crippen molar-refractivity contribution in [2.45, 2.75) is 52.5 Å². The summed E-state index contributed by atoms with van der Waals surface area (Å²) in [5.74, 6) is 0. The molecule has 2 amide bonds. The molecule has 0 bridgehead atoms. The Bertz CT molecular complexity index is 427. The van der Waals surface area contributed by atoms with Crippen molar-refractivity contribution in [2.24, 2.45) is 0 Å². The summed E-state index contributed by atoms with van der Waals surface area (Å²) >= 11 is 0. The van der Waals surface area contributed by atoms with Crippen LogP contribution in [0.5, 0.6) is 0 Å². The van der Waals surface area contributed by atoms with Gasteiger partial charge in [-0.2, -0.15) is 0 Å². The van der Waals surface area contributed by atoms with Crippen LogP contribution in [-0.2, 0) is 5.41 Å². The van der Waals surface area contributed by atoms with Crippen molar-refractivity contribution in [2.75, 3.05) is 6.54 Å². The number of aryl methyl sites for hydroxylation is 1. The van der Waals surface area contributed by atoms with Crippen molar-refractivity contribution in [3.8, 4) is 0 Å². The van der Waals surface area contributed by atoms with E-state index in [4.69, 9.17) is 0 Å². The number of hydrogen-bond donors (Lipinski definition) is 2. The second kappa shape index (κ2) is 5.64. The van der Waals surface area contributed by atoms with Gasteiger partial charge in [0.1, 0.15) is 0 Å². The maximum Gasteiger partial charge on any atom is 0.315 e. The number of nitrogens with one attached hydrogen (secondary N) is 2. The quantitative estimate of drug-likeness (QED) is 0.861. The average molecular weight is 262 g/mol. The fraction of sp³-hybridized carbons (Fsp3) is 0.562. The molecule has 2 N–H and O–H groups in total. The van der Waals surface area contributed by atoms with E-state index in [2.05, 4.69) is 55.7 Å². The zero-order valence-corrected chi connectivity index (χ0v) is 12.9. The normalized spacial score (nSPS) is 12.1. The predicted octanol–water partition coefficient (Wildman–Crippen LogP) is 3.37. The van der Waals surface area contributed by atoms with E-state index in [0.29, 0.717) is 6.54 Å². The highest BCUT2D eigenvalue weighted by atomic mass is 16.2. The van der Waals surface area contributed by atoms with Crippen molar-refractivity contribution in [3.05, 3.63) is 35.4 Å². The Morgan fingerprint density at radius 3 is 2.05 bits per heavy atom. The van der Waals surface area contributed by atoms with Gasteiger partial charge in [-0.1, -0.05) is 43.7 Å². The molecule has 0 aliphatic rings. The molecule has 0 aliphatic heterocycles. The highest BCUT2D eigenvalue weighted by Crippen LogP contribution is 2.22. The molecule has 0 saturated carbocycles. The van der Waals surface area contributed by atoms with Gasteiger partial charge >= 0.3 is 6.03 Å². The van der Waals surface area contributed by atoms with Crippen molar-refractivity contribution >= 4 is 6.03 Å². The Hall–Kier alpha value is -1.51. The van der Waals surface area contributed by atoms with Crippen LogP contribution < -0.4 is 10.6 Å². The molecule has 0 unspecified atom stereocenters. The summed E-state index contributed by atoms with van der Waals surface area (Å²) in [7, 11) is 0. The molecule has 106 valence electrons. The smallest absolute Gasteiger partial charge is 0.315 e. The van der Waals surface area contributed by atoms with Crippen LogP contribution in [0.25, 0.3) is 0 Å². The lowest BCUT2D eigenvalue weighted by atomic mass is 9.84. The third kappa shape index (κ3) is 5.33. The molecule has 1 aromatic rings. The summed E-state index contributed by atoms with van der Waals surface area (Å²) in [4.78, 5) is 11.8. The van der Waals surface area contributed by atoms with E-state index < -0.39 is 0 Å². The fourth-order valence-corrected chi connectivity index (χ4v) is 1.79. The number of carbonyl (C=O) groups is 1. The number of carbonyl (C=O) groups excluding carboxylic acids is 1. The molecule has 0 radical (unpaired) electrons. The molecular formula is C16H26N2O. The van der Waals surface area contributed by atoms with E-state index in [1.165, 1.54) is 11.1 Å².